The number of aromatic amines is 1. The number of hydrazine groups is 1. The zero-order valence-corrected chi connectivity index (χ0v) is 12.8. The second kappa shape index (κ2) is 6.73. The van der Waals surface area contributed by atoms with Gasteiger partial charge in [-0.15, -0.1) is 13.2 Å². The van der Waals surface area contributed by atoms with E-state index in [9.17, 15) is 22.8 Å². The molecule has 2 amide bonds. The molecular formula is C13H9BrF3N3O3. The molecule has 1 heterocycles. The van der Waals surface area contributed by atoms with E-state index in [0.717, 1.165) is 24.3 Å². The van der Waals surface area contributed by atoms with Gasteiger partial charge in [-0.1, -0.05) is 0 Å². The molecule has 0 fully saturated rings. The van der Waals surface area contributed by atoms with Gasteiger partial charge in [0.05, 0.1) is 0 Å². The molecule has 1 aromatic heterocycles. The van der Waals surface area contributed by atoms with Crippen LogP contribution in [0.5, 0.6) is 5.75 Å². The lowest BCUT2D eigenvalue weighted by molar-refractivity contribution is -0.274. The largest absolute Gasteiger partial charge is 0.573 e. The topological polar surface area (TPSA) is 83.2 Å². The number of hydrogen-bond acceptors (Lipinski definition) is 3. The summed E-state index contributed by atoms with van der Waals surface area (Å²) in [4.78, 5) is 26.1. The van der Waals surface area contributed by atoms with Gasteiger partial charge < -0.3 is 9.72 Å². The summed E-state index contributed by atoms with van der Waals surface area (Å²) in [5.41, 5.74) is 4.56. The lowest BCUT2D eigenvalue weighted by atomic mass is 10.2. The number of rotatable bonds is 3. The molecule has 1 aromatic carbocycles. The third-order valence-corrected chi connectivity index (χ3v) is 2.99. The molecule has 0 saturated carbocycles. The Balaban J connectivity index is 1.92. The Bertz CT molecular complexity index is 713. The highest BCUT2D eigenvalue weighted by Crippen LogP contribution is 2.22. The Labute approximate surface area is 136 Å². The lowest BCUT2D eigenvalue weighted by Crippen LogP contribution is -2.41. The first-order valence-electron chi connectivity index (χ1n) is 6.05. The molecule has 0 aliphatic rings. The summed E-state index contributed by atoms with van der Waals surface area (Å²) in [7, 11) is 0. The van der Waals surface area contributed by atoms with Gasteiger partial charge in [-0.3, -0.25) is 20.4 Å². The van der Waals surface area contributed by atoms with Gasteiger partial charge in [0.15, 0.2) is 0 Å². The number of carbonyl (C=O) groups is 2. The number of carbonyl (C=O) groups excluding carboxylic acids is 2. The molecule has 0 unspecified atom stereocenters. The number of aromatic nitrogens is 1. The van der Waals surface area contributed by atoms with E-state index in [4.69, 9.17) is 0 Å². The third kappa shape index (κ3) is 5.02. The van der Waals surface area contributed by atoms with Crippen LogP contribution in [0.1, 0.15) is 20.8 Å². The molecule has 2 rings (SSSR count). The molecular weight excluding hydrogens is 383 g/mol. The molecule has 10 heteroatoms. The van der Waals surface area contributed by atoms with Crippen molar-refractivity contribution in [3.63, 3.8) is 0 Å². The average Bonchev–Trinajstić information content (AvgIpc) is 2.90. The van der Waals surface area contributed by atoms with Gasteiger partial charge in [0.1, 0.15) is 11.4 Å². The number of amides is 2. The van der Waals surface area contributed by atoms with E-state index in [2.05, 4.69) is 36.5 Å². The number of H-pyrrole nitrogens is 1. The average molecular weight is 392 g/mol. The van der Waals surface area contributed by atoms with Crippen LogP contribution in [0.3, 0.4) is 0 Å². The minimum Gasteiger partial charge on any atom is -0.406 e. The minimum atomic E-state index is -4.80. The van der Waals surface area contributed by atoms with Gasteiger partial charge in [0.2, 0.25) is 0 Å². The summed E-state index contributed by atoms with van der Waals surface area (Å²) in [5.74, 6) is -1.72. The highest BCUT2D eigenvalue weighted by molar-refractivity contribution is 9.10. The van der Waals surface area contributed by atoms with Crippen LogP contribution < -0.4 is 15.6 Å². The first-order valence-corrected chi connectivity index (χ1v) is 6.84. The van der Waals surface area contributed by atoms with Gasteiger partial charge in [-0.25, -0.2) is 0 Å². The molecule has 0 saturated heterocycles. The highest BCUT2D eigenvalue weighted by Gasteiger charge is 2.31. The Morgan fingerprint density at radius 1 is 1.09 bits per heavy atom. The number of alkyl halides is 3. The van der Waals surface area contributed by atoms with Crippen LogP contribution >= 0.6 is 15.9 Å². The number of halogens is 4. The van der Waals surface area contributed by atoms with E-state index in [-0.39, 0.29) is 11.3 Å². The van der Waals surface area contributed by atoms with Crippen LogP contribution in [0.2, 0.25) is 0 Å². The first-order chi connectivity index (χ1) is 10.7. The molecule has 0 bridgehead atoms. The fraction of sp³-hybridized carbons (Fsp3) is 0.0769. The molecule has 3 N–H and O–H groups in total. The molecule has 0 radical (unpaired) electrons. The SMILES string of the molecule is O=C(NNC(=O)c1cc(Br)c[nH]1)c1ccc(OC(F)(F)F)cc1. The van der Waals surface area contributed by atoms with Crippen LogP contribution in [-0.4, -0.2) is 23.2 Å². The zero-order chi connectivity index (χ0) is 17.0. The number of benzene rings is 1. The second-order valence-electron chi connectivity index (χ2n) is 4.21. The van der Waals surface area contributed by atoms with Gasteiger partial charge in [0.25, 0.3) is 11.8 Å². The van der Waals surface area contributed by atoms with Crippen molar-refractivity contribution < 1.29 is 27.5 Å². The van der Waals surface area contributed by atoms with E-state index in [1.165, 1.54) is 12.3 Å². The fourth-order valence-corrected chi connectivity index (χ4v) is 1.90. The summed E-state index contributed by atoms with van der Waals surface area (Å²) in [6.07, 6.45) is -3.27. The molecule has 2 aromatic rings. The molecule has 122 valence electrons. The van der Waals surface area contributed by atoms with E-state index in [1.54, 1.807) is 0 Å². The predicted molar refractivity (Wildman–Crippen MR) is 76.6 cm³/mol. The lowest BCUT2D eigenvalue weighted by Gasteiger charge is -2.09. The van der Waals surface area contributed by atoms with E-state index >= 15 is 0 Å². The molecule has 0 aliphatic carbocycles. The van der Waals surface area contributed by atoms with Gasteiger partial charge in [-0.2, -0.15) is 0 Å². The van der Waals surface area contributed by atoms with Crippen molar-refractivity contribution in [2.24, 2.45) is 0 Å². The number of nitrogens with one attached hydrogen (secondary N) is 3. The van der Waals surface area contributed by atoms with Crippen LogP contribution in [0.15, 0.2) is 41.0 Å². The molecule has 0 aliphatic heterocycles. The third-order valence-electron chi connectivity index (χ3n) is 2.53. The van der Waals surface area contributed by atoms with Crippen molar-refractivity contribution in [1.82, 2.24) is 15.8 Å². The van der Waals surface area contributed by atoms with Crippen molar-refractivity contribution in [2.75, 3.05) is 0 Å². The molecule has 23 heavy (non-hydrogen) atoms. The Kier molecular flexibility index (Phi) is 4.94. The number of ether oxygens (including phenoxy) is 1. The summed E-state index contributed by atoms with van der Waals surface area (Å²) in [6.45, 7) is 0. The zero-order valence-electron chi connectivity index (χ0n) is 11.2. The molecule has 0 spiro atoms. The summed E-state index contributed by atoms with van der Waals surface area (Å²) in [6, 6.07) is 5.75. The summed E-state index contributed by atoms with van der Waals surface area (Å²) >= 11 is 3.15. The summed E-state index contributed by atoms with van der Waals surface area (Å²) < 4.78 is 40.4. The maximum Gasteiger partial charge on any atom is 0.573 e. The fourth-order valence-electron chi connectivity index (χ4n) is 1.56. The predicted octanol–water partition coefficient (Wildman–Crippen LogP) is 2.75. The van der Waals surface area contributed by atoms with Crippen LogP contribution in [0, 0.1) is 0 Å². The van der Waals surface area contributed by atoms with Gasteiger partial charge in [-0.05, 0) is 46.3 Å². The molecule has 6 nitrogen and oxygen atoms in total. The van der Waals surface area contributed by atoms with Crippen LogP contribution in [0.4, 0.5) is 13.2 Å². The smallest absolute Gasteiger partial charge is 0.406 e. The molecule has 0 atom stereocenters. The van der Waals surface area contributed by atoms with Crippen molar-refractivity contribution in [3.8, 4) is 5.75 Å². The Morgan fingerprint density at radius 3 is 2.22 bits per heavy atom. The first kappa shape index (κ1) is 16.9. The van der Waals surface area contributed by atoms with E-state index < -0.39 is 23.9 Å². The maximum absolute atomic E-state index is 12.0. The minimum absolute atomic E-state index is 0.0486. The monoisotopic (exact) mass is 391 g/mol. The number of hydrogen-bond donors (Lipinski definition) is 3. The summed E-state index contributed by atoms with van der Waals surface area (Å²) in [5, 5.41) is 0. The van der Waals surface area contributed by atoms with Crippen molar-refractivity contribution in [3.05, 3.63) is 52.3 Å². The Hall–Kier alpha value is -2.49. The van der Waals surface area contributed by atoms with Crippen molar-refractivity contribution in [1.29, 1.82) is 0 Å². The van der Waals surface area contributed by atoms with Crippen LogP contribution in [-0.2, 0) is 0 Å². The second-order valence-corrected chi connectivity index (χ2v) is 5.13. The van der Waals surface area contributed by atoms with Gasteiger partial charge >= 0.3 is 6.36 Å². The van der Waals surface area contributed by atoms with Crippen molar-refractivity contribution >= 4 is 27.7 Å². The highest BCUT2D eigenvalue weighted by atomic mass is 79.9. The quantitative estimate of drug-likeness (QED) is 0.703. The van der Waals surface area contributed by atoms with E-state index in [1.807, 2.05) is 0 Å². The maximum atomic E-state index is 12.0. The van der Waals surface area contributed by atoms with Crippen LogP contribution in [0.25, 0.3) is 0 Å². The Morgan fingerprint density at radius 2 is 1.70 bits per heavy atom. The van der Waals surface area contributed by atoms with Gasteiger partial charge in [0, 0.05) is 16.2 Å². The normalized spacial score (nSPS) is 11.0. The van der Waals surface area contributed by atoms with E-state index in [0.29, 0.717) is 4.47 Å². The standard InChI is InChI=1S/C13H9BrF3N3O3/c14-8-5-10(18-6-8)12(22)20-19-11(21)7-1-3-9(4-2-7)23-13(15,16)17/h1-6,18H,(H,19,21)(H,20,22). The van der Waals surface area contributed by atoms with Crippen molar-refractivity contribution in [2.45, 2.75) is 6.36 Å².